The molecule has 0 saturated heterocycles. The number of hydrogen-bond donors (Lipinski definition) is 1. The highest BCUT2D eigenvalue weighted by atomic mass is 14.8. The molecule has 1 nitrogen and oxygen atoms in total. The molecule has 2 N–H and O–H groups in total. The van der Waals surface area contributed by atoms with Crippen LogP contribution in [0.4, 0.5) is 0 Å². The highest BCUT2D eigenvalue weighted by Gasteiger charge is 2.35. The van der Waals surface area contributed by atoms with E-state index in [1.54, 1.807) is 0 Å². The molecule has 1 aliphatic rings. The second-order valence-electron chi connectivity index (χ2n) is 6.89. The summed E-state index contributed by atoms with van der Waals surface area (Å²) in [7, 11) is 0. The SMILES string of the molecule is CCCCCCCCCC1(N)CCC(C)CC1C. The Kier molecular flexibility index (Phi) is 7.29. The Morgan fingerprint density at radius 2 is 1.61 bits per heavy atom. The fourth-order valence-corrected chi connectivity index (χ4v) is 3.50. The van der Waals surface area contributed by atoms with Gasteiger partial charge in [0.05, 0.1) is 0 Å². The van der Waals surface area contributed by atoms with Crippen molar-refractivity contribution < 1.29 is 0 Å². The van der Waals surface area contributed by atoms with Gasteiger partial charge >= 0.3 is 0 Å². The average Bonchev–Trinajstić information content (AvgIpc) is 2.34. The summed E-state index contributed by atoms with van der Waals surface area (Å²) in [5.74, 6) is 1.62. The lowest BCUT2D eigenvalue weighted by Gasteiger charge is -2.42. The fraction of sp³-hybridized carbons (Fsp3) is 1.00. The predicted molar refractivity (Wildman–Crippen MR) is 81.7 cm³/mol. The largest absolute Gasteiger partial charge is 0.325 e. The zero-order valence-corrected chi connectivity index (χ0v) is 13.0. The fourth-order valence-electron chi connectivity index (χ4n) is 3.50. The summed E-state index contributed by atoms with van der Waals surface area (Å²) >= 11 is 0. The first-order valence-electron chi connectivity index (χ1n) is 8.37. The Bertz CT molecular complexity index is 214. The number of hydrogen-bond acceptors (Lipinski definition) is 1. The molecule has 3 atom stereocenters. The van der Waals surface area contributed by atoms with Gasteiger partial charge in [0.2, 0.25) is 0 Å². The molecule has 0 aromatic heterocycles. The molecular formula is C17H35N. The number of unbranched alkanes of at least 4 members (excludes halogenated alkanes) is 6. The van der Waals surface area contributed by atoms with Crippen molar-refractivity contribution >= 4 is 0 Å². The summed E-state index contributed by atoms with van der Waals surface area (Å²) in [5, 5.41) is 0. The lowest BCUT2D eigenvalue weighted by Crippen LogP contribution is -2.49. The van der Waals surface area contributed by atoms with E-state index in [1.165, 1.54) is 70.6 Å². The smallest absolute Gasteiger partial charge is 0.0180 e. The van der Waals surface area contributed by atoms with Crippen molar-refractivity contribution in [3.63, 3.8) is 0 Å². The summed E-state index contributed by atoms with van der Waals surface area (Å²) < 4.78 is 0. The normalized spacial score (nSPS) is 32.7. The summed E-state index contributed by atoms with van der Waals surface area (Å²) in [6, 6.07) is 0. The van der Waals surface area contributed by atoms with Crippen LogP contribution in [-0.2, 0) is 0 Å². The molecular weight excluding hydrogens is 218 g/mol. The van der Waals surface area contributed by atoms with E-state index in [-0.39, 0.29) is 5.54 Å². The Morgan fingerprint density at radius 1 is 1.00 bits per heavy atom. The van der Waals surface area contributed by atoms with Gasteiger partial charge in [-0.25, -0.2) is 0 Å². The van der Waals surface area contributed by atoms with E-state index in [4.69, 9.17) is 5.73 Å². The molecule has 0 aliphatic heterocycles. The van der Waals surface area contributed by atoms with E-state index < -0.39 is 0 Å². The molecule has 1 rings (SSSR count). The minimum absolute atomic E-state index is 0.163. The predicted octanol–water partition coefficient (Wildman–Crippen LogP) is 5.28. The quantitative estimate of drug-likeness (QED) is 0.585. The van der Waals surface area contributed by atoms with Crippen LogP contribution in [0.2, 0.25) is 0 Å². The third-order valence-electron chi connectivity index (χ3n) is 5.09. The summed E-state index contributed by atoms with van der Waals surface area (Å²) in [6.45, 7) is 7.03. The third kappa shape index (κ3) is 5.30. The van der Waals surface area contributed by atoms with E-state index >= 15 is 0 Å². The average molecular weight is 253 g/mol. The minimum atomic E-state index is 0.163. The van der Waals surface area contributed by atoms with Gasteiger partial charge in [-0.05, 0) is 37.5 Å². The van der Waals surface area contributed by atoms with Gasteiger partial charge in [0.1, 0.15) is 0 Å². The first kappa shape index (κ1) is 16.0. The van der Waals surface area contributed by atoms with Crippen molar-refractivity contribution in [2.45, 2.75) is 96.9 Å². The molecule has 0 heterocycles. The molecule has 1 heteroatoms. The Hall–Kier alpha value is -0.0400. The summed E-state index contributed by atoms with van der Waals surface area (Å²) in [6.07, 6.45) is 15.0. The zero-order chi connectivity index (χ0) is 13.4. The van der Waals surface area contributed by atoms with Gasteiger partial charge < -0.3 is 5.73 Å². The highest BCUT2D eigenvalue weighted by Crippen LogP contribution is 2.38. The molecule has 1 saturated carbocycles. The Morgan fingerprint density at radius 3 is 2.22 bits per heavy atom. The zero-order valence-electron chi connectivity index (χ0n) is 13.0. The molecule has 0 amide bonds. The third-order valence-corrected chi connectivity index (χ3v) is 5.09. The van der Waals surface area contributed by atoms with Crippen molar-refractivity contribution in [3.8, 4) is 0 Å². The van der Waals surface area contributed by atoms with Gasteiger partial charge in [0.25, 0.3) is 0 Å². The summed E-state index contributed by atoms with van der Waals surface area (Å²) in [5.41, 5.74) is 6.79. The van der Waals surface area contributed by atoms with Gasteiger partial charge in [0.15, 0.2) is 0 Å². The topological polar surface area (TPSA) is 26.0 Å². The van der Waals surface area contributed by atoms with Crippen molar-refractivity contribution in [1.82, 2.24) is 0 Å². The minimum Gasteiger partial charge on any atom is -0.325 e. The van der Waals surface area contributed by atoms with E-state index in [0.717, 1.165) is 11.8 Å². The molecule has 18 heavy (non-hydrogen) atoms. The molecule has 1 aliphatic carbocycles. The molecule has 0 spiro atoms. The molecule has 0 radical (unpaired) electrons. The van der Waals surface area contributed by atoms with Gasteiger partial charge in [-0.2, -0.15) is 0 Å². The molecule has 0 aromatic rings. The maximum absolute atomic E-state index is 6.63. The number of rotatable bonds is 8. The Balaban J connectivity index is 2.10. The van der Waals surface area contributed by atoms with Crippen molar-refractivity contribution in [2.24, 2.45) is 17.6 Å². The van der Waals surface area contributed by atoms with Gasteiger partial charge in [-0.3, -0.25) is 0 Å². The van der Waals surface area contributed by atoms with E-state index in [9.17, 15) is 0 Å². The standard InChI is InChI=1S/C17H35N/c1-4-5-6-7-8-9-10-12-17(18)13-11-15(2)14-16(17)3/h15-16H,4-14,18H2,1-3H3. The van der Waals surface area contributed by atoms with Crippen molar-refractivity contribution in [2.75, 3.05) is 0 Å². The van der Waals surface area contributed by atoms with Gasteiger partial charge in [0, 0.05) is 5.54 Å². The first-order valence-corrected chi connectivity index (χ1v) is 8.37. The Labute approximate surface area is 115 Å². The monoisotopic (exact) mass is 253 g/mol. The highest BCUT2D eigenvalue weighted by molar-refractivity contribution is 4.93. The molecule has 108 valence electrons. The van der Waals surface area contributed by atoms with Crippen LogP contribution >= 0.6 is 0 Å². The van der Waals surface area contributed by atoms with Crippen LogP contribution in [-0.4, -0.2) is 5.54 Å². The second-order valence-corrected chi connectivity index (χ2v) is 6.89. The van der Waals surface area contributed by atoms with Crippen LogP contribution in [0.25, 0.3) is 0 Å². The number of nitrogens with two attached hydrogens (primary N) is 1. The van der Waals surface area contributed by atoms with E-state index in [1.807, 2.05) is 0 Å². The maximum atomic E-state index is 6.63. The second kappa shape index (κ2) is 8.19. The lowest BCUT2D eigenvalue weighted by molar-refractivity contribution is 0.150. The van der Waals surface area contributed by atoms with Crippen LogP contribution in [0.5, 0.6) is 0 Å². The van der Waals surface area contributed by atoms with Crippen LogP contribution in [0, 0.1) is 11.8 Å². The van der Waals surface area contributed by atoms with E-state index in [2.05, 4.69) is 20.8 Å². The first-order chi connectivity index (χ1) is 8.58. The molecule has 0 aromatic carbocycles. The van der Waals surface area contributed by atoms with E-state index in [0.29, 0.717) is 0 Å². The summed E-state index contributed by atoms with van der Waals surface area (Å²) in [4.78, 5) is 0. The maximum Gasteiger partial charge on any atom is 0.0180 e. The molecule has 3 unspecified atom stereocenters. The lowest BCUT2D eigenvalue weighted by atomic mass is 9.68. The van der Waals surface area contributed by atoms with Crippen LogP contribution in [0.3, 0.4) is 0 Å². The van der Waals surface area contributed by atoms with Crippen molar-refractivity contribution in [1.29, 1.82) is 0 Å². The molecule has 1 fully saturated rings. The van der Waals surface area contributed by atoms with Gasteiger partial charge in [-0.15, -0.1) is 0 Å². The van der Waals surface area contributed by atoms with Crippen LogP contribution in [0.1, 0.15) is 91.4 Å². The van der Waals surface area contributed by atoms with Crippen LogP contribution < -0.4 is 5.73 Å². The van der Waals surface area contributed by atoms with Crippen molar-refractivity contribution in [3.05, 3.63) is 0 Å². The van der Waals surface area contributed by atoms with Gasteiger partial charge in [-0.1, -0.05) is 65.7 Å². The molecule has 0 bridgehead atoms. The van der Waals surface area contributed by atoms with Crippen LogP contribution in [0.15, 0.2) is 0 Å².